The van der Waals surface area contributed by atoms with Crippen LogP contribution in [0.3, 0.4) is 0 Å². The van der Waals surface area contributed by atoms with E-state index in [0.29, 0.717) is 14.8 Å². The molecule has 0 amide bonds. The van der Waals surface area contributed by atoms with Gasteiger partial charge < -0.3 is 9.99 Å². The van der Waals surface area contributed by atoms with E-state index in [0.717, 1.165) is 11.0 Å². The Kier molecular flexibility index (Phi) is 2.66. The molecule has 2 aromatic rings. The van der Waals surface area contributed by atoms with Crippen LogP contribution < -0.4 is 5.01 Å². The lowest BCUT2D eigenvalue weighted by molar-refractivity contribution is 0.742. The molecule has 0 atom stereocenters. The van der Waals surface area contributed by atoms with Crippen LogP contribution in [-0.4, -0.2) is 23.8 Å². The predicted octanol–water partition coefficient (Wildman–Crippen LogP) is 3.20. The molecule has 1 N–H and O–H groups in total. The van der Waals surface area contributed by atoms with Crippen LogP contribution in [0.15, 0.2) is 12.1 Å². The molecule has 0 bridgehead atoms. The van der Waals surface area contributed by atoms with Crippen LogP contribution in [0.4, 0.5) is 0 Å². The van der Waals surface area contributed by atoms with Crippen molar-refractivity contribution in [3.8, 4) is 0 Å². The molecule has 1 heterocycles. The molecule has 0 aliphatic rings. The zero-order valence-corrected chi connectivity index (χ0v) is 10.5. The molecule has 0 unspecified atom stereocenters. The summed E-state index contributed by atoms with van der Waals surface area (Å²) in [5, 5.41) is 2.92. The van der Waals surface area contributed by atoms with Crippen LogP contribution in [-0.2, 0) is 0 Å². The number of nitrogens with zero attached hydrogens (tertiary/aromatic N) is 2. The molecule has 0 saturated carbocycles. The smallest absolute Gasteiger partial charge is 0.197 e. The molecule has 0 fully saturated rings. The Morgan fingerprint density at radius 2 is 1.87 bits per heavy atom. The summed E-state index contributed by atoms with van der Waals surface area (Å²) in [6, 6.07) is 3.57. The Morgan fingerprint density at radius 3 is 2.47 bits per heavy atom. The lowest BCUT2D eigenvalue weighted by Gasteiger charge is -2.14. The van der Waals surface area contributed by atoms with Crippen molar-refractivity contribution in [2.75, 3.05) is 19.1 Å². The number of rotatable bonds is 1. The monoisotopic (exact) mass is 261 g/mol. The molecule has 0 spiro atoms. The fraction of sp³-hybridized carbons (Fsp3) is 0.222. The number of aromatic nitrogens is 2. The Hall–Kier alpha value is -0.710. The summed E-state index contributed by atoms with van der Waals surface area (Å²) in [6.45, 7) is 0. The molecular formula is C9H9Cl2N3S. The maximum absolute atomic E-state index is 5.96. The predicted molar refractivity (Wildman–Crippen MR) is 67.2 cm³/mol. The first-order valence-electron chi connectivity index (χ1n) is 4.28. The zero-order chi connectivity index (χ0) is 11.2. The van der Waals surface area contributed by atoms with Crippen molar-refractivity contribution in [2.45, 2.75) is 0 Å². The molecule has 3 nitrogen and oxygen atoms in total. The lowest BCUT2D eigenvalue weighted by Crippen LogP contribution is -2.24. The molecule has 1 aromatic heterocycles. The molecule has 0 radical (unpaired) electrons. The van der Waals surface area contributed by atoms with Crippen LogP contribution in [0, 0.1) is 4.77 Å². The largest absolute Gasteiger partial charge is 0.329 e. The normalized spacial score (nSPS) is 10.9. The second-order valence-corrected chi connectivity index (χ2v) is 4.57. The van der Waals surface area contributed by atoms with Crippen molar-refractivity contribution in [3.05, 3.63) is 26.9 Å². The van der Waals surface area contributed by atoms with E-state index in [1.165, 1.54) is 0 Å². The van der Waals surface area contributed by atoms with Gasteiger partial charge in [-0.25, -0.2) is 4.68 Å². The number of hydrogen-bond acceptors (Lipinski definition) is 2. The average Bonchev–Trinajstić information content (AvgIpc) is 2.41. The minimum atomic E-state index is 0.520. The van der Waals surface area contributed by atoms with Gasteiger partial charge in [0.05, 0.1) is 21.1 Å². The summed E-state index contributed by atoms with van der Waals surface area (Å²) in [6.07, 6.45) is 0. The van der Waals surface area contributed by atoms with E-state index in [4.69, 9.17) is 35.4 Å². The van der Waals surface area contributed by atoms with Crippen molar-refractivity contribution in [1.82, 2.24) is 9.66 Å². The third-order valence-electron chi connectivity index (χ3n) is 2.10. The highest BCUT2D eigenvalue weighted by Gasteiger charge is 2.08. The molecule has 15 heavy (non-hydrogen) atoms. The molecular weight excluding hydrogens is 253 g/mol. The number of imidazole rings is 1. The summed E-state index contributed by atoms with van der Waals surface area (Å²) in [7, 11) is 3.82. The van der Waals surface area contributed by atoms with Gasteiger partial charge in [0, 0.05) is 14.1 Å². The van der Waals surface area contributed by atoms with E-state index in [2.05, 4.69) is 4.98 Å². The lowest BCUT2D eigenvalue weighted by atomic mass is 10.3. The van der Waals surface area contributed by atoms with Gasteiger partial charge in [0.25, 0.3) is 0 Å². The van der Waals surface area contributed by atoms with Gasteiger partial charge in [-0.15, -0.1) is 0 Å². The van der Waals surface area contributed by atoms with Gasteiger partial charge in [0.15, 0.2) is 4.77 Å². The van der Waals surface area contributed by atoms with Crippen LogP contribution in [0.2, 0.25) is 10.0 Å². The fourth-order valence-electron chi connectivity index (χ4n) is 1.49. The van der Waals surface area contributed by atoms with Gasteiger partial charge in [-0.1, -0.05) is 23.2 Å². The highest BCUT2D eigenvalue weighted by atomic mass is 35.5. The van der Waals surface area contributed by atoms with Gasteiger partial charge in [-0.05, 0) is 24.4 Å². The third-order valence-corrected chi connectivity index (χ3v) is 3.10. The van der Waals surface area contributed by atoms with Crippen molar-refractivity contribution >= 4 is 46.5 Å². The van der Waals surface area contributed by atoms with Crippen molar-refractivity contribution in [3.63, 3.8) is 0 Å². The van der Waals surface area contributed by atoms with E-state index in [9.17, 15) is 0 Å². The van der Waals surface area contributed by atoms with Gasteiger partial charge in [-0.3, -0.25) is 0 Å². The molecule has 6 heteroatoms. The second-order valence-electron chi connectivity index (χ2n) is 3.37. The maximum Gasteiger partial charge on any atom is 0.197 e. The molecule has 0 aliphatic heterocycles. The Labute approximate surface area is 102 Å². The number of aromatic amines is 1. The van der Waals surface area contributed by atoms with E-state index in [-0.39, 0.29) is 0 Å². The summed E-state index contributed by atoms with van der Waals surface area (Å²) in [4.78, 5) is 3.07. The third kappa shape index (κ3) is 1.73. The number of nitrogens with one attached hydrogen (secondary N) is 1. The SMILES string of the molecule is CN(C)n1c(=S)[nH]c2cc(Cl)c(Cl)cc21. The number of hydrogen-bond donors (Lipinski definition) is 1. The standard InChI is InChI=1S/C9H9Cl2N3S/c1-13(2)14-8-4-6(11)5(10)3-7(8)12-9(14)15/h3-4H,1-2H3,(H,12,15). The van der Waals surface area contributed by atoms with Gasteiger partial charge in [0.1, 0.15) is 0 Å². The van der Waals surface area contributed by atoms with Crippen LogP contribution >= 0.6 is 35.4 Å². The zero-order valence-electron chi connectivity index (χ0n) is 8.21. The van der Waals surface area contributed by atoms with Crippen LogP contribution in [0.1, 0.15) is 0 Å². The topological polar surface area (TPSA) is 24.0 Å². The summed E-state index contributed by atoms with van der Waals surface area (Å²) in [5.41, 5.74) is 1.79. The summed E-state index contributed by atoms with van der Waals surface area (Å²) >= 11 is 17.1. The van der Waals surface area contributed by atoms with E-state index in [1.54, 1.807) is 12.1 Å². The molecule has 1 aromatic carbocycles. The minimum absolute atomic E-state index is 0.520. The van der Waals surface area contributed by atoms with Gasteiger partial charge >= 0.3 is 0 Å². The first-order valence-corrected chi connectivity index (χ1v) is 5.44. The Balaban J connectivity index is 2.88. The quantitative estimate of drug-likeness (QED) is 0.798. The van der Waals surface area contributed by atoms with Crippen molar-refractivity contribution < 1.29 is 0 Å². The van der Waals surface area contributed by atoms with Crippen LogP contribution in [0.5, 0.6) is 0 Å². The number of benzene rings is 1. The fourth-order valence-corrected chi connectivity index (χ4v) is 2.18. The van der Waals surface area contributed by atoms with Crippen molar-refractivity contribution in [2.24, 2.45) is 0 Å². The maximum atomic E-state index is 5.96. The number of fused-ring (bicyclic) bond motifs is 1. The highest BCUT2D eigenvalue weighted by Crippen LogP contribution is 2.27. The van der Waals surface area contributed by atoms with Gasteiger partial charge in [-0.2, -0.15) is 0 Å². The average molecular weight is 262 g/mol. The van der Waals surface area contributed by atoms with Crippen molar-refractivity contribution in [1.29, 1.82) is 0 Å². The number of H-pyrrole nitrogens is 1. The summed E-state index contributed by atoms with van der Waals surface area (Å²) in [5.74, 6) is 0. The summed E-state index contributed by atoms with van der Waals surface area (Å²) < 4.78 is 2.47. The van der Waals surface area contributed by atoms with Gasteiger partial charge in [0.2, 0.25) is 0 Å². The van der Waals surface area contributed by atoms with E-state index in [1.807, 2.05) is 23.8 Å². The molecule has 80 valence electrons. The molecule has 0 saturated heterocycles. The van der Waals surface area contributed by atoms with Crippen LogP contribution in [0.25, 0.3) is 11.0 Å². The van der Waals surface area contributed by atoms with E-state index < -0.39 is 0 Å². The molecule has 2 rings (SSSR count). The Bertz CT molecular complexity index is 570. The first kappa shape index (κ1) is 10.8. The molecule has 0 aliphatic carbocycles. The minimum Gasteiger partial charge on any atom is -0.329 e. The second kappa shape index (κ2) is 3.70. The first-order chi connectivity index (χ1) is 7.00. The Morgan fingerprint density at radius 1 is 1.27 bits per heavy atom. The van der Waals surface area contributed by atoms with E-state index >= 15 is 0 Å². The highest BCUT2D eigenvalue weighted by molar-refractivity contribution is 7.71. The number of halogens is 2.